The van der Waals surface area contributed by atoms with Gasteiger partial charge < -0.3 is 16.9 Å². The Bertz CT molecular complexity index is 545. The fourth-order valence-electron chi connectivity index (χ4n) is 4.28. The van der Waals surface area contributed by atoms with E-state index in [1.165, 1.54) is 115 Å². The molecule has 0 saturated carbocycles. The zero-order chi connectivity index (χ0) is 22.1. The molecule has 0 radical (unpaired) electrons. The van der Waals surface area contributed by atoms with Gasteiger partial charge in [-0.3, -0.25) is 0 Å². The molecule has 182 valence electrons. The van der Waals surface area contributed by atoms with Crippen molar-refractivity contribution in [1.82, 2.24) is 0 Å². The summed E-state index contributed by atoms with van der Waals surface area (Å²) in [6, 6.07) is 5.86. The molecular weight excluding hydrogens is 445 g/mol. The number of quaternary nitrogens is 1. The van der Waals surface area contributed by atoms with Crippen LogP contribution in [0.25, 0.3) is 0 Å². The fourth-order valence-corrected chi connectivity index (χ4v) is 4.75. The molecule has 0 amide bonds. The molecule has 1 rings (SSSR count). The average molecular weight is 493 g/mol. The van der Waals surface area contributed by atoms with Crippen molar-refractivity contribution in [3.63, 3.8) is 0 Å². The molecule has 0 spiro atoms. The van der Waals surface area contributed by atoms with E-state index in [9.17, 15) is 0 Å². The van der Waals surface area contributed by atoms with Gasteiger partial charge in [-0.2, -0.15) is 0 Å². The number of halogens is 3. The van der Waals surface area contributed by atoms with Crippen LogP contribution in [0.1, 0.15) is 115 Å². The van der Waals surface area contributed by atoms with Crippen LogP contribution in [0.15, 0.2) is 18.2 Å². The highest BCUT2D eigenvalue weighted by Crippen LogP contribution is 2.24. The van der Waals surface area contributed by atoms with Crippen LogP contribution in [0, 0.1) is 0 Å². The zero-order valence-corrected chi connectivity index (χ0v) is 22.8. The normalized spacial score (nSPS) is 11.5. The minimum Gasteiger partial charge on any atom is -1.00 e. The molecule has 0 unspecified atom stereocenters. The zero-order valence-electron chi connectivity index (χ0n) is 20.5. The van der Waals surface area contributed by atoms with Crippen molar-refractivity contribution in [2.75, 3.05) is 20.6 Å². The number of hydrogen-bond donors (Lipinski definition) is 0. The maximum atomic E-state index is 6.34. The lowest BCUT2D eigenvalue weighted by molar-refractivity contribution is -0.903. The van der Waals surface area contributed by atoms with Crippen molar-refractivity contribution in [3.05, 3.63) is 33.8 Å². The van der Waals surface area contributed by atoms with E-state index in [-0.39, 0.29) is 12.4 Å². The molecule has 0 bridgehead atoms. The van der Waals surface area contributed by atoms with Gasteiger partial charge in [0.2, 0.25) is 0 Å². The van der Waals surface area contributed by atoms with Crippen LogP contribution in [0.5, 0.6) is 0 Å². The minimum atomic E-state index is 0. The van der Waals surface area contributed by atoms with Crippen molar-refractivity contribution < 1.29 is 16.9 Å². The van der Waals surface area contributed by atoms with Gasteiger partial charge in [0.25, 0.3) is 0 Å². The standard InChI is InChI=1S/C27H48Cl2N.ClH/c1-4-5-6-7-8-9-10-11-12-13-14-15-16-17-18-19-22-30(2,3)24-25-20-21-26(28)23-27(25)29;/h20-21,23H,4-19,22,24H2,1-3H3;1H/q+1;/p-1. The third kappa shape index (κ3) is 17.2. The Hall–Kier alpha value is 0.0500. The molecule has 1 aromatic carbocycles. The van der Waals surface area contributed by atoms with E-state index in [2.05, 4.69) is 27.1 Å². The predicted octanol–water partition coefficient (Wildman–Crippen LogP) is 6.84. The van der Waals surface area contributed by atoms with Gasteiger partial charge in [0.15, 0.2) is 0 Å². The molecule has 0 fully saturated rings. The van der Waals surface area contributed by atoms with Gasteiger partial charge in [0, 0.05) is 10.6 Å². The van der Waals surface area contributed by atoms with Crippen LogP contribution in [0.2, 0.25) is 10.0 Å². The third-order valence-corrected chi connectivity index (χ3v) is 6.82. The van der Waals surface area contributed by atoms with Gasteiger partial charge in [0.1, 0.15) is 6.54 Å². The summed E-state index contributed by atoms with van der Waals surface area (Å²) in [5.74, 6) is 0. The molecule has 4 heteroatoms. The summed E-state index contributed by atoms with van der Waals surface area (Å²) in [7, 11) is 4.60. The van der Waals surface area contributed by atoms with Crippen LogP contribution in [-0.2, 0) is 6.54 Å². The van der Waals surface area contributed by atoms with E-state index in [0.29, 0.717) is 5.02 Å². The summed E-state index contributed by atoms with van der Waals surface area (Å²) >= 11 is 12.4. The van der Waals surface area contributed by atoms with Crippen LogP contribution in [0.3, 0.4) is 0 Å². The maximum Gasteiger partial charge on any atom is 0.105 e. The summed E-state index contributed by atoms with van der Waals surface area (Å²) in [6.07, 6.45) is 22.7. The van der Waals surface area contributed by atoms with E-state index >= 15 is 0 Å². The predicted molar refractivity (Wildman–Crippen MR) is 137 cm³/mol. The lowest BCUT2D eigenvalue weighted by atomic mass is 10.0. The van der Waals surface area contributed by atoms with E-state index in [1.54, 1.807) is 0 Å². The number of nitrogens with zero attached hydrogens (tertiary/aromatic N) is 1. The Labute approximate surface area is 210 Å². The molecule has 0 atom stereocenters. The second-order valence-corrected chi connectivity index (χ2v) is 10.7. The van der Waals surface area contributed by atoms with Gasteiger partial charge in [-0.25, -0.2) is 0 Å². The number of benzene rings is 1. The van der Waals surface area contributed by atoms with Gasteiger partial charge in [-0.15, -0.1) is 0 Å². The van der Waals surface area contributed by atoms with Crippen molar-refractivity contribution in [2.24, 2.45) is 0 Å². The highest BCUT2D eigenvalue weighted by Gasteiger charge is 2.17. The number of unbranched alkanes of at least 4 members (excludes halogenated alkanes) is 15. The van der Waals surface area contributed by atoms with Gasteiger partial charge in [-0.1, -0.05) is 126 Å². The summed E-state index contributed by atoms with van der Waals surface area (Å²) in [5, 5.41) is 1.51. The molecule has 0 aliphatic rings. The topological polar surface area (TPSA) is 0 Å². The first-order valence-corrected chi connectivity index (χ1v) is 13.5. The van der Waals surface area contributed by atoms with Crippen molar-refractivity contribution in [3.8, 4) is 0 Å². The van der Waals surface area contributed by atoms with Crippen molar-refractivity contribution in [2.45, 2.75) is 116 Å². The monoisotopic (exact) mass is 491 g/mol. The second-order valence-electron chi connectivity index (χ2n) is 9.86. The number of hydrogen-bond acceptors (Lipinski definition) is 0. The molecule has 0 aliphatic carbocycles. The molecule has 0 N–H and O–H groups in total. The largest absolute Gasteiger partial charge is 1.00 e. The van der Waals surface area contributed by atoms with Crippen LogP contribution in [0.4, 0.5) is 0 Å². The van der Waals surface area contributed by atoms with E-state index in [4.69, 9.17) is 23.2 Å². The van der Waals surface area contributed by atoms with Crippen LogP contribution in [-0.4, -0.2) is 25.1 Å². The van der Waals surface area contributed by atoms with Crippen molar-refractivity contribution >= 4 is 23.2 Å². The molecule has 31 heavy (non-hydrogen) atoms. The summed E-state index contributed by atoms with van der Waals surface area (Å²) in [4.78, 5) is 0. The van der Waals surface area contributed by atoms with E-state index in [0.717, 1.165) is 16.1 Å². The van der Waals surface area contributed by atoms with Gasteiger partial charge in [0.05, 0.1) is 25.7 Å². The fraction of sp³-hybridized carbons (Fsp3) is 0.778. The molecule has 0 saturated heterocycles. The molecule has 0 aromatic heterocycles. The van der Waals surface area contributed by atoms with Crippen LogP contribution >= 0.6 is 23.2 Å². The lowest BCUT2D eigenvalue weighted by Crippen LogP contribution is -3.00. The number of rotatable bonds is 19. The average Bonchev–Trinajstić information content (AvgIpc) is 2.70. The summed E-state index contributed by atoms with van der Waals surface area (Å²) < 4.78 is 0.986. The van der Waals surface area contributed by atoms with Gasteiger partial charge >= 0.3 is 0 Å². The second kappa shape index (κ2) is 19.5. The molecule has 1 aromatic rings. The molecule has 0 heterocycles. The first kappa shape index (κ1) is 31.0. The summed E-state index contributed by atoms with van der Waals surface area (Å²) in [6.45, 7) is 4.47. The Morgan fingerprint density at radius 2 is 1.06 bits per heavy atom. The molecular formula is C27H48Cl3N. The Balaban J connectivity index is 0.00000900. The Kier molecular flexibility index (Phi) is 19.5. The first-order valence-electron chi connectivity index (χ1n) is 12.7. The quantitative estimate of drug-likeness (QED) is 0.146. The minimum absolute atomic E-state index is 0. The first-order chi connectivity index (χ1) is 14.4. The Morgan fingerprint density at radius 1 is 0.645 bits per heavy atom. The van der Waals surface area contributed by atoms with Crippen LogP contribution < -0.4 is 12.4 Å². The Morgan fingerprint density at radius 3 is 1.48 bits per heavy atom. The van der Waals surface area contributed by atoms with Crippen molar-refractivity contribution in [1.29, 1.82) is 0 Å². The SMILES string of the molecule is CCCCCCCCCCCCCCCCCC[N+](C)(C)Cc1ccc(Cl)cc1Cl.[Cl-]. The highest BCUT2D eigenvalue weighted by molar-refractivity contribution is 6.35. The molecule has 1 nitrogen and oxygen atoms in total. The van der Waals surface area contributed by atoms with Gasteiger partial charge in [-0.05, 0) is 25.0 Å². The maximum absolute atomic E-state index is 6.34. The van der Waals surface area contributed by atoms with E-state index in [1.807, 2.05) is 12.1 Å². The summed E-state index contributed by atoms with van der Waals surface area (Å²) in [5.41, 5.74) is 1.20. The highest BCUT2D eigenvalue weighted by atomic mass is 35.5. The van der Waals surface area contributed by atoms with E-state index < -0.39 is 0 Å². The smallest absolute Gasteiger partial charge is 0.105 e. The lowest BCUT2D eigenvalue weighted by Gasteiger charge is -2.30. The third-order valence-electron chi connectivity index (χ3n) is 6.23. The molecule has 0 aliphatic heterocycles.